The van der Waals surface area contributed by atoms with Crippen LogP contribution in [0, 0.1) is 0 Å². The summed E-state index contributed by atoms with van der Waals surface area (Å²) in [4.78, 5) is 18.1. The summed E-state index contributed by atoms with van der Waals surface area (Å²) in [7, 11) is 1.69. The second-order valence-corrected chi connectivity index (χ2v) is 6.45. The number of hydrogen-bond donors (Lipinski definition) is 1. The van der Waals surface area contributed by atoms with Gasteiger partial charge in [-0.2, -0.15) is 4.98 Å². The largest absolute Gasteiger partial charge is 0.334 e. The minimum atomic E-state index is -0.264. The number of nitrogens with one attached hydrogen (secondary N) is 1. The van der Waals surface area contributed by atoms with Gasteiger partial charge in [0.1, 0.15) is 0 Å². The molecule has 2 aromatic carbocycles. The number of amides is 2. The Hall–Kier alpha value is -2.57. The van der Waals surface area contributed by atoms with Crippen LogP contribution in [0.15, 0.2) is 53.1 Å². The van der Waals surface area contributed by atoms with Gasteiger partial charge in [0, 0.05) is 30.6 Å². The molecule has 26 heavy (non-hydrogen) atoms. The molecule has 6 nitrogen and oxygen atoms in total. The summed E-state index contributed by atoms with van der Waals surface area (Å²) in [5, 5.41) is 7.83. The molecule has 0 saturated carbocycles. The number of halogens is 2. The molecule has 0 saturated heterocycles. The lowest BCUT2D eigenvalue weighted by molar-refractivity contribution is 0.222. The molecule has 0 radical (unpaired) electrons. The van der Waals surface area contributed by atoms with Crippen LogP contribution in [0.4, 0.5) is 10.5 Å². The molecule has 1 aromatic heterocycles. The first kappa shape index (κ1) is 18.2. The molecule has 2 amide bonds. The van der Waals surface area contributed by atoms with E-state index in [2.05, 4.69) is 15.5 Å². The Morgan fingerprint density at radius 3 is 2.62 bits per heavy atom. The summed E-state index contributed by atoms with van der Waals surface area (Å²) in [5.41, 5.74) is 1.36. The van der Waals surface area contributed by atoms with Crippen LogP contribution >= 0.6 is 23.2 Å². The normalized spacial score (nSPS) is 10.6. The maximum atomic E-state index is 12.2. The zero-order valence-corrected chi connectivity index (χ0v) is 15.5. The monoisotopic (exact) mass is 390 g/mol. The molecule has 3 rings (SSSR count). The summed E-state index contributed by atoms with van der Waals surface area (Å²) in [6, 6.07) is 13.9. The van der Waals surface area contributed by atoms with Crippen molar-refractivity contribution in [2.24, 2.45) is 0 Å². The van der Waals surface area contributed by atoms with Gasteiger partial charge in [0.2, 0.25) is 0 Å². The highest BCUT2D eigenvalue weighted by molar-refractivity contribution is 6.33. The number of urea groups is 1. The number of aromatic nitrogens is 2. The number of rotatable bonds is 5. The fourth-order valence-corrected chi connectivity index (χ4v) is 2.52. The lowest BCUT2D eigenvalue weighted by Crippen LogP contribution is -2.33. The molecule has 134 valence electrons. The molecule has 1 heterocycles. The number of likely N-dealkylation sites (N-methyl/N-ethyl adjacent to an activating group) is 1. The fraction of sp³-hybridized carbons (Fsp3) is 0.167. The van der Waals surface area contributed by atoms with Crippen molar-refractivity contribution in [3.05, 3.63) is 64.4 Å². The van der Waals surface area contributed by atoms with E-state index in [9.17, 15) is 4.79 Å². The molecule has 0 fully saturated rings. The van der Waals surface area contributed by atoms with Crippen molar-refractivity contribution in [1.82, 2.24) is 15.0 Å². The van der Waals surface area contributed by atoms with Crippen molar-refractivity contribution in [2.45, 2.75) is 6.42 Å². The summed E-state index contributed by atoms with van der Waals surface area (Å²) in [5.74, 6) is 0.937. The minimum absolute atomic E-state index is 0.264. The molecule has 0 spiro atoms. The molecular weight excluding hydrogens is 375 g/mol. The third-order valence-corrected chi connectivity index (χ3v) is 4.27. The van der Waals surface area contributed by atoms with Gasteiger partial charge in [-0.25, -0.2) is 4.79 Å². The Morgan fingerprint density at radius 1 is 1.15 bits per heavy atom. The quantitative estimate of drug-likeness (QED) is 0.682. The highest BCUT2D eigenvalue weighted by Gasteiger charge is 2.13. The molecule has 0 aliphatic heterocycles. The van der Waals surface area contributed by atoms with Gasteiger partial charge in [0.15, 0.2) is 5.82 Å². The zero-order valence-electron chi connectivity index (χ0n) is 13.9. The number of carbonyl (C=O) groups excluding carboxylic acids is 1. The van der Waals surface area contributed by atoms with Gasteiger partial charge >= 0.3 is 6.03 Å². The highest BCUT2D eigenvalue weighted by Crippen LogP contribution is 2.21. The van der Waals surface area contributed by atoms with E-state index in [-0.39, 0.29) is 6.03 Å². The summed E-state index contributed by atoms with van der Waals surface area (Å²) in [6.07, 6.45) is 0.462. The predicted octanol–water partition coefficient (Wildman–Crippen LogP) is 4.75. The summed E-state index contributed by atoms with van der Waals surface area (Å²) in [6.45, 7) is 0.426. The number of nitrogens with zero attached hydrogens (tertiary/aromatic N) is 3. The van der Waals surface area contributed by atoms with Gasteiger partial charge in [-0.05, 0) is 36.4 Å². The lowest BCUT2D eigenvalue weighted by Gasteiger charge is -2.17. The average molecular weight is 391 g/mol. The van der Waals surface area contributed by atoms with Gasteiger partial charge in [-0.3, -0.25) is 0 Å². The van der Waals surface area contributed by atoms with Gasteiger partial charge in [0.25, 0.3) is 5.89 Å². The van der Waals surface area contributed by atoms with Crippen molar-refractivity contribution in [3.63, 3.8) is 0 Å². The third-order valence-electron chi connectivity index (χ3n) is 3.69. The van der Waals surface area contributed by atoms with Crippen molar-refractivity contribution < 1.29 is 9.32 Å². The number of para-hydroxylation sites is 1. The third kappa shape index (κ3) is 4.53. The van der Waals surface area contributed by atoms with Crippen LogP contribution in [0.2, 0.25) is 10.0 Å². The maximum Gasteiger partial charge on any atom is 0.321 e. The number of anilines is 1. The molecule has 0 aliphatic carbocycles. The maximum absolute atomic E-state index is 12.2. The van der Waals surface area contributed by atoms with E-state index in [1.54, 1.807) is 43.4 Å². The van der Waals surface area contributed by atoms with Crippen molar-refractivity contribution in [1.29, 1.82) is 0 Å². The highest BCUT2D eigenvalue weighted by atomic mass is 35.5. The first-order valence-corrected chi connectivity index (χ1v) is 8.63. The topological polar surface area (TPSA) is 71.3 Å². The molecule has 3 aromatic rings. The first-order valence-electron chi connectivity index (χ1n) is 7.88. The van der Waals surface area contributed by atoms with Crippen LogP contribution in [0.1, 0.15) is 5.82 Å². The lowest BCUT2D eigenvalue weighted by atomic mass is 10.2. The molecule has 8 heteroatoms. The minimum Gasteiger partial charge on any atom is -0.334 e. The van der Waals surface area contributed by atoms with E-state index in [1.807, 2.05) is 12.1 Å². The first-order chi connectivity index (χ1) is 12.5. The van der Waals surface area contributed by atoms with Crippen molar-refractivity contribution in [2.75, 3.05) is 18.9 Å². The predicted molar refractivity (Wildman–Crippen MR) is 102 cm³/mol. The molecule has 0 unspecified atom stereocenters. The van der Waals surface area contributed by atoms with Crippen LogP contribution in [0.5, 0.6) is 0 Å². The Balaban J connectivity index is 1.56. The molecular formula is C18H16Cl2N4O2. The van der Waals surface area contributed by atoms with Crippen LogP contribution in [0.25, 0.3) is 11.5 Å². The number of hydrogen-bond acceptors (Lipinski definition) is 4. The fourth-order valence-electron chi connectivity index (χ4n) is 2.21. The second-order valence-electron chi connectivity index (χ2n) is 5.60. The Morgan fingerprint density at radius 2 is 1.88 bits per heavy atom. The van der Waals surface area contributed by atoms with Crippen LogP contribution in [-0.2, 0) is 6.42 Å². The molecule has 0 aliphatic rings. The second kappa shape index (κ2) is 8.21. The van der Waals surface area contributed by atoms with Crippen molar-refractivity contribution in [3.8, 4) is 11.5 Å². The Kier molecular flexibility index (Phi) is 5.75. The van der Waals surface area contributed by atoms with Crippen LogP contribution < -0.4 is 5.32 Å². The SMILES string of the molecule is CN(CCc1noc(-c2ccc(Cl)cc2)n1)C(=O)Nc1ccccc1Cl. The molecule has 0 atom stereocenters. The van der Waals surface area contributed by atoms with Gasteiger partial charge in [-0.1, -0.05) is 40.5 Å². The van der Waals surface area contributed by atoms with Crippen molar-refractivity contribution >= 4 is 34.9 Å². The molecule has 0 bridgehead atoms. The standard InChI is InChI=1S/C18H16Cl2N4O2/c1-24(18(25)21-15-5-3-2-4-14(15)20)11-10-16-22-17(26-23-16)12-6-8-13(19)9-7-12/h2-9H,10-11H2,1H3,(H,21,25). The van der Waals surface area contributed by atoms with E-state index in [1.165, 1.54) is 4.90 Å². The van der Waals surface area contributed by atoms with E-state index in [0.717, 1.165) is 5.56 Å². The smallest absolute Gasteiger partial charge is 0.321 e. The molecule has 1 N–H and O–H groups in total. The summed E-state index contributed by atoms with van der Waals surface area (Å²) >= 11 is 11.9. The zero-order chi connectivity index (χ0) is 18.5. The van der Waals surface area contributed by atoms with Crippen LogP contribution in [0.3, 0.4) is 0 Å². The van der Waals surface area contributed by atoms with Gasteiger partial charge in [0.05, 0.1) is 10.7 Å². The van der Waals surface area contributed by atoms with E-state index >= 15 is 0 Å². The van der Waals surface area contributed by atoms with Gasteiger partial charge < -0.3 is 14.7 Å². The Bertz CT molecular complexity index is 896. The van der Waals surface area contributed by atoms with E-state index < -0.39 is 0 Å². The average Bonchev–Trinajstić information content (AvgIpc) is 3.11. The summed E-state index contributed by atoms with van der Waals surface area (Å²) < 4.78 is 5.25. The Labute approximate surface area is 160 Å². The van der Waals surface area contributed by atoms with Crippen LogP contribution in [-0.4, -0.2) is 34.7 Å². The van der Waals surface area contributed by atoms with Gasteiger partial charge in [-0.15, -0.1) is 0 Å². The number of benzene rings is 2. The van der Waals surface area contributed by atoms with E-state index in [4.69, 9.17) is 27.7 Å². The van der Waals surface area contributed by atoms with E-state index in [0.29, 0.717) is 40.4 Å². The number of carbonyl (C=O) groups is 1.